The summed E-state index contributed by atoms with van der Waals surface area (Å²) in [7, 11) is 0. The Balaban J connectivity index is 0.00000392. The van der Waals surface area contributed by atoms with Gasteiger partial charge in [0.15, 0.2) is 5.96 Å². The molecule has 28 heavy (non-hydrogen) atoms. The normalized spacial score (nSPS) is 13.2. The fraction of sp³-hybridized carbons (Fsp3) is 0.368. The Labute approximate surface area is 191 Å². The molecule has 4 N–H and O–H groups in total. The summed E-state index contributed by atoms with van der Waals surface area (Å²) in [6.07, 6.45) is 0. The van der Waals surface area contributed by atoms with Gasteiger partial charge in [0.25, 0.3) is 5.91 Å². The van der Waals surface area contributed by atoms with Gasteiger partial charge in [-0.25, -0.2) is 4.99 Å². The van der Waals surface area contributed by atoms with Crippen LogP contribution in [0, 0.1) is 0 Å². The van der Waals surface area contributed by atoms with Crippen LogP contribution in [0.4, 0.5) is 0 Å². The topological polar surface area (TPSA) is 85.8 Å². The van der Waals surface area contributed by atoms with Gasteiger partial charge in [-0.1, -0.05) is 23.7 Å². The van der Waals surface area contributed by atoms with E-state index in [-0.39, 0.29) is 36.4 Å². The van der Waals surface area contributed by atoms with Crippen molar-refractivity contribution >= 4 is 58.8 Å². The molecule has 154 valence electrons. The van der Waals surface area contributed by atoms with Crippen LogP contribution in [0.25, 0.3) is 0 Å². The van der Waals surface area contributed by atoms with Gasteiger partial charge >= 0.3 is 0 Å². The summed E-state index contributed by atoms with van der Waals surface area (Å²) in [5, 5.41) is 23.9. The van der Waals surface area contributed by atoms with Crippen LogP contribution in [0.5, 0.6) is 0 Å². The molecule has 0 bridgehead atoms. The molecule has 0 saturated carbocycles. The summed E-state index contributed by atoms with van der Waals surface area (Å²) in [6, 6.07) is 8.82. The van der Waals surface area contributed by atoms with E-state index < -0.39 is 5.60 Å². The van der Waals surface area contributed by atoms with Gasteiger partial charge < -0.3 is 21.1 Å². The Morgan fingerprint density at radius 1 is 1.21 bits per heavy atom. The molecule has 0 saturated heterocycles. The lowest BCUT2D eigenvalue weighted by molar-refractivity contribution is 0.0677. The fourth-order valence-electron chi connectivity index (χ4n) is 2.33. The fourth-order valence-corrected chi connectivity index (χ4v) is 3.34. The molecule has 0 aliphatic carbocycles. The Hall–Kier alpha value is -1.36. The van der Waals surface area contributed by atoms with Crippen LogP contribution >= 0.6 is 46.9 Å². The first kappa shape index (κ1) is 24.7. The molecular weight excluding hydrogens is 511 g/mol. The van der Waals surface area contributed by atoms with Gasteiger partial charge in [-0.2, -0.15) is 11.3 Å². The van der Waals surface area contributed by atoms with E-state index in [1.807, 2.05) is 23.8 Å². The minimum absolute atomic E-state index is 0. The Morgan fingerprint density at radius 3 is 2.57 bits per heavy atom. The van der Waals surface area contributed by atoms with Gasteiger partial charge in [-0.15, -0.1) is 24.0 Å². The lowest BCUT2D eigenvalue weighted by Gasteiger charge is -2.21. The van der Waals surface area contributed by atoms with E-state index in [0.29, 0.717) is 36.2 Å². The van der Waals surface area contributed by atoms with Gasteiger partial charge in [-0.05, 0) is 48.4 Å². The highest BCUT2D eigenvalue weighted by molar-refractivity contribution is 14.0. The van der Waals surface area contributed by atoms with Crippen LogP contribution < -0.4 is 16.0 Å². The average Bonchev–Trinajstić information content (AvgIpc) is 3.19. The van der Waals surface area contributed by atoms with Crippen molar-refractivity contribution in [2.75, 3.05) is 26.2 Å². The predicted octanol–water partition coefficient (Wildman–Crippen LogP) is 3.21. The summed E-state index contributed by atoms with van der Waals surface area (Å²) >= 11 is 7.56. The molecule has 0 aliphatic heterocycles. The van der Waals surface area contributed by atoms with Crippen LogP contribution in [0.3, 0.4) is 0 Å². The van der Waals surface area contributed by atoms with Gasteiger partial charge in [0.2, 0.25) is 0 Å². The molecule has 0 spiro atoms. The lowest BCUT2D eigenvalue weighted by atomic mass is 10.00. The zero-order chi connectivity index (χ0) is 19.7. The summed E-state index contributed by atoms with van der Waals surface area (Å²) < 4.78 is 0. The number of rotatable bonds is 8. The van der Waals surface area contributed by atoms with Crippen molar-refractivity contribution in [1.29, 1.82) is 0 Å². The second kappa shape index (κ2) is 12.3. The van der Waals surface area contributed by atoms with Crippen LogP contribution in [-0.2, 0) is 5.60 Å². The van der Waals surface area contributed by atoms with E-state index >= 15 is 0 Å². The highest BCUT2D eigenvalue weighted by Gasteiger charge is 2.23. The number of nitrogens with zero attached hydrogens (tertiary/aromatic N) is 1. The van der Waals surface area contributed by atoms with Crippen LogP contribution in [0.1, 0.15) is 29.8 Å². The molecule has 2 aromatic rings. The molecule has 1 heterocycles. The molecule has 1 amide bonds. The van der Waals surface area contributed by atoms with Gasteiger partial charge in [0.1, 0.15) is 5.60 Å². The number of hydrogen-bond acceptors (Lipinski definition) is 4. The molecular formula is C19H26ClIN4O2S. The number of carbonyl (C=O) groups excluding carboxylic acids is 1. The van der Waals surface area contributed by atoms with Crippen molar-refractivity contribution in [2.45, 2.75) is 19.4 Å². The second-order valence-electron chi connectivity index (χ2n) is 6.14. The van der Waals surface area contributed by atoms with Crippen molar-refractivity contribution < 1.29 is 9.90 Å². The SMILES string of the molecule is CCNC(=NCC(C)(O)c1ccsc1)NCCNC(=O)c1ccccc1Cl.I. The van der Waals surface area contributed by atoms with Crippen molar-refractivity contribution in [3.05, 3.63) is 57.2 Å². The maximum absolute atomic E-state index is 12.1. The highest BCUT2D eigenvalue weighted by atomic mass is 127. The lowest BCUT2D eigenvalue weighted by Crippen LogP contribution is -2.42. The van der Waals surface area contributed by atoms with Crippen molar-refractivity contribution in [3.63, 3.8) is 0 Å². The van der Waals surface area contributed by atoms with Crippen LogP contribution in [-0.4, -0.2) is 43.2 Å². The first-order chi connectivity index (χ1) is 12.9. The number of amides is 1. The smallest absolute Gasteiger partial charge is 0.252 e. The van der Waals surface area contributed by atoms with Crippen LogP contribution in [0.2, 0.25) is 5.02 Å². The maximum Gasteiger partial charge on any atom is 0.252 e. The Morgan fingerprint density at radius 2 is 1.93 bits per heavy atom. The molecule has 6 nitrogen and oxygen atoms in total. The van der Waals surface area contributed by atoms with E-state index in [2.05, 4.69) is 20.9 Å². The molecule has 1 atom stereocenters. The molecule has 0 aliphatic rings. The number of benzene rings is 1. The number of carbonyl (C=O) groups is 1. The van der Waals surface area contributed by atoms with Crippen molar-refractivity contribution in [1.82, 2.24) is 16.0 Å². The summed E-state index contributed by atoms with van der Waals surface area (Å²) in [4.78, 5) is 16.6. The zero-order valence-electron chi connectivity index (χ0n) is 15.9. The monoisotopic (exact) mass is 536 g/mol. The highest BCUT2D eigenvalue weighted by Crippen LogP contribution is 2.23. The summed E-state index contributed by atoms with van der Waals surface area (Å²) in [5.74, 6) is 0.365. The summed E-state index contributed by atoms with van der Waals surface area (Å²) in [6.45, 7) is 5.53. The van der Waals surface area contributed by atoms with Gasteiger partial charge in [0, 0.05) is 19.6 Å². The number of aliphatic hydroxyl groups is 1. The molecule has 9 heteroatoms. The third-order valence-electron chi connectivity index (χ3n) is 3.85. The number of halogens is 2. The third kappa shape index (κ3) is 7.57. The quantitative estimate of drug-likeness (QED) is 0.181. The minimum atomic E-state index is -1.03. The molecule has 0 radical (unpaired) electrons. The number of guanidine groups is 1. The number of aliphatic imine (C=N–C) groups is 1. The Bertz CT molecular complexity index is 769. The molecule has 2 rings (SSSR count). The number of nitrogens with one attached hydrogen (secondary N) is 3. The predicted molar refractivity (Wildman–Crippen MR) is 127 cm³/mol. The van der Waals surface area contributed by atoms with Gasteiger partial charge in [0.05, 0.1) is 17.1 Å². The average molecular weight is 537 g/mol. The maximum atomic E-state index is 12.1. The first-order valence-electron chi connectivity index (χ1n) is 8.74. The molecule has 1 aromatic carbocycles. The largest absolute Gasteiger partial charge is 0.383 e. The first-order valence-corrected chi connectivity index (χ1v) is 10.1. The van der Waals surface area contributed by atoms with E-state index in [4.69, 9.17) is 11.6 Å². The second-order valence-corrected chi connectivity index (χ2v) is 7.33. The van der Waals surface area contributed by atoms with E-state index in [9.17, 15) is 9.90 Å². The number of hydrogen-bond donors (Lipinski definition) is 4. The van der Waals surface area contributed by atoms with Crippen molar-refractivity contribution in [2.24, 2.45) is 4.99 Å². The van der Waals surface area contributed by atoms with Crippen molar-refractivity contribution in [3.8, 4) is 0 Å². The van der Waals surface area contributed by atoms with Gasteiger partial charge in [-0.3, -0.25) is 4.79 Å². The standard InChI is InChI=1S/C19H25ClN4O2S.HI/c1-3-21-18(24-13-19(2,26)14-8-11-27-12-14)23-10-9-22-17(25)15-6-4-5-7-16(15)20;/h4-8,11-12,26H,3,9-10,13H2,1-2H3,(H,22,25)(H2,21,23,24);1H. The van der Waals surface area contributed by atoms with E-state index in [1.165, 1.54) is 0 Å². The molecule has 1 aromatic heterocycles. The minimum Gasteiger partial charge on any atom is -0.383 e. The summed E-state index contributed by atoms with van der Waals surface area (Å²) in [5.41, 5.74) is 0.270. The third-order valence-corrected chi connectivity index (χ3v) is 4.87. The van der Waals surface area contributed by atoms with Crippen LogP contribution in [0.15, 0.2) is 46.1 Å². The molecule has 1 unspecified atom stereocenters. The molecule has 0 fully saturated rings. The number of thiophene rings is 1. The zero-order valence-corrected chi connectivity index (χ0v) is 19.8. The van der Waals surface area contributed by atoms with E-state index in [0.717, 1.165) is 5.56 Å². The van der Waals surface area contributed by atoms with E-state index in [1.54, 1.807) is 42.5 Å². The Kier molecular flexibility index (Phi) is 10.8.